The lowest BCUT2D eigenvalue weighted by Gasteiger charge is -2.12. The third-order valence-corrected chi connectivity index (χ3v) is 3.27. The van der Waals surface area contributed by atoms with Gasteiger partial charge in [-0.15, -0.1) is 0 Å². The van der Waals surface area contributed by atoms with Crippen LogP contribution in [0.25, 0.3) is 0 Å². The van der Waals surface area contributed by atoms with Gasteiger partial charge in [-0.1, -0.05) is 12.1 Å². The molecule has 2 rings (SSSR count). The molecular formula is C17H14FNO2. The second kappa shape index (κ2) is 6.19. The third kappa shape index (κ3) is 3.09. The summed E-state index contributed by atoms with van der Waals surface area (Å²) in [5.74, 6) is -1.11. The largest absolute Gasteiger partial charge is 0.497 e. The highest BCUT2D eigenvalue weighted by Gasteiger charge is 2.23. The Labute approximate surface area is 122 Å². The van der Waals surface area contributed by atoms with E-state index in [1.807, 2.05) is 6.07 Å². The molecule has 0 radical (unpaired) electrons. The molecule has 106 valence electrons. The number of hydrogen-bond acceptors (Lipinski definition) is 3. The third-order valence-electron chi connectivity index (χ3n) is 3.27. The molecule has 0 aliphatic carbocycles. The number of ketones is 1. The predicted octanol–water partition coefficient (Wildman–Crippen LogP) is 3.63. The van der Waals surface area contributed by atoms with E-state index in [4.69, 9.17) is 4.74 Å². The minimum absolute atomic E-state index is 0.344. The highest BCUT2D eigenvalue weighted by Crippen LogP contribution is 2.25. The van der Waals surface area contributed by atoms with Crippen molar-refractivity contribution in [3.05, 3.63) is 65.0 Å². The van der Waals surface area contributed by atoms with Crippen LogP contribution in [-0.2, 0) is 0 Å². The van der Waals surface area contributed by atoms with E-state index in [0.717, 1.165) is 0 Å². The summed E-state index contributed by atoms with van der Waals surface area (Å²) in [6.45, 7) is 1.65. The first kappa shape index (κ1) is 14.7. The van der Waals surface area contributed by atoms with Gasteiger partial charge in [-0.3, -0.25) is 4.79 Å². The number of aryl methyl sites for hydroxylation is 1. The summed E-state index contributed by atoms with van der Waals surface area (Å²) in [6, 6.07) is 12.8. The maximum Gasteiger partial charge on any atom is 0.184 e. The lowest BCUT2D eigenvalue weighted by Crippen LogP contribution is -2.13. The van der Waals surface area contributed by atoms with Crippen LogP contribution in [0.2, 0.25) is 0 Å². The molecule has 0 aliphatic heterocycles. The monoisotopic (exact) mass is 283 g/mol. The average molecular weight is 283 g/mol. The summed E-state index contributed by atoms with van der Waals surface area (Å²) in [6.07, 6.45) is 0. The molecule has 0 saturated heterocycles. The van der Waals surface area contributed by atoms with Gasteiger partial charge in [0.1, 0.15) is 17.5 Å². The fraction of sp³-hybridized carbons (Fsp3) is 0.176. The molecule has 3 nitrogen and oxygen atoms in total. The summed E-state index contributed by atoms with van der Waals surface area (Å²) >= 11 is 0. The topological polar surface area (TPSA) is 50.1 Å². The van der Waals surface area contributed by atoms with Crippen molar-refractivity contribution in [3.8, 4) is 11.8 Å². The number of benzene rings is 2. The zero-order valence-electron chi connectivity index (χ0n) is 11.8. The molecule has 2 aromatic carbocycles. The number of methoxy groups -OCH3 is 1. The number of nitriles is 1. The van der Waals surface area contributed by atoms with E-state index in [-0.39, 0.29) is 5.78 Å². The maximum absolute atomic E-state index is 13.1. The molecule has 0 aromatic heterocycles. The van der Waals surface area contributed by atoms with Crippen molar-refractivity contribution in [2.45, 2.75) is 12.8 Å². The number of nitrogens with zero attached hydrogens (tertiary/aromatic N) is 1. The van der Waals surface area contributed by atoms with Crippen LogP contribution >= 0.6 is 0 Å². The van der Waals surface area contributed by atoms with E-state index in [1.54, 1.807) is 31.2 Å². The lowest BCUT2D eigenvalue weighted by molar-refractivity contribution is 0.0978. The van der Waals surface area contributed by atoms with Crippen LogP contribution in [0, 0.1) is 24.1 Å². The zero-order valence-corrected chi connectivity index (χ0v) is 11.8. The fourth-order valence-corrected chi connectivity index (χ4v) is 2.16. The van der Waals surface area contributed by atoms with Crippen LogP contribution < -0.4 is 4.74 Å². The van der Waals surface area contributed by atoms with Crippen LogP contribution in [0.1, 0.15) is 27.4 Å². The molecule has 0 bridgehead atoms. The Kier molecular flexibility index (Phi) is 4.34. The van der Waals surface area contributed by atoms with Crippen LogP contribution in [-0.4, -0.2) is 12.9 Å². The number of carbonyl (C=O) groups excluding carboxylic acids is 1. The van der Waals surface area contributed by atoms with Gasteiger partial charge in [0.2, 0.25) is 0 Å². The Balaban J connectivity index is 2.41. The predicted molar refractivity (Wildman–Crippen MR) is 76.8 cm³/mol. The molecule has 0 N–H and O–H groups in total. The SMILES string of the molecule is COc1cccc(C(C#N)C(=O)c2ccc(F)cc2C)c1. The number of rotatable bonds is 4. The molecular weight excluding hydrogens is 269 g/mol. The molecule has 0 fully saturated rings. The smallest absolute Gasteiger partial charge is 0.184 e. The Morgan fingerprint density at radius 1 is 1.29 bits per heavy atom. The van der Waals surface area contributed by atoms with E-state index < -0.39 is 11.7 Å². The molecule has 4 heteroatoms. The average Bonchev–Trinajstić information content (AvgIpc) is 2.48. The maximum atomic E-state index is 13.1. The number of Topliss-reactive ketones (excluding diaryl/α,β-unsaturated/α-hetero) is 1. The van der Waals surface area contributed by atoms with E-state index in [1.165, 1.54) is 25.3 Å². The Morgan fingerprint density at radius 3 is 2.67 bits per heavy atom. The first-order valence-electron chi connectivity index (χ1n) is 6.40. The van der Waals surface area contributed by atoms with Gasteiger partial charge in [-0.2, -0.15) is 5.26 Å². The minimum Gasteiger partial charge on any atom is -0.497 e. The van der Waals surface area contributed by atoms with E-state index in [0.29, 0.717) is 22.4 Å². The van der Waals surface area contributed by atoms with Crippen LogP contribution in [0.3, 0.4) is 0 Å². The minimum atomic E-state index is -0.940. The fourth-order valence-electron chi connectivity index (χ4n) is 2.16. The van der Waals surface area contributed by atoms with Crippen molar-refractivity contribution < 1.29 is 13.9 Å². The van der Waals surface area contributed by atoms with Crippen molar-refractivity contribution in [1.82, 2.24) is 0 Å². The highest BCUT2D eigenvalue weighted by atomic mass is 19.1. The van der Waals surface area contributed by atoms with Crippen LogP contribution in [0.5, 0.6) is 5.75 Å². The first-order valence-corrected chi connectivity index (χ1v) is 6.40. The van der Waals surface area contributed by atoms with Crippen LogP contribution in [0.4, 0.5) is 4.39 Å². The van der Waals surface area contributed by atoms with E-state index in [2.05, 4.69) is 0 Å². The Bertz CT molecular complexity index is 719. The number of halogens is 1. The van der Waals surface area contributed by atoms with Crippen molar-refractivity contribution in [1.29, 1.82) is 5.26 Å². The van der Waals surface area contributed by atoms with E-state index in [9.17, 15) is 14.4 Å². The summed E-state index contributed by atoms with van der Waals surface area (Å²) in [5, 5.41) is 9.33. The number of ether oxygens (including phenoxy) is 1. The zero-order chi connectivity index (χ0) is 15.4. The molecule has 21 heavy (non-hydrogen) atoms. The summed E-state index contributed by atoms with van der Waals surface area (Å²) in [5.41, 5.74) is 1.43. The van der Waals surface area contributed by atoms with E-state index >= 15 is 0 Å². The Morgan fingerprint density at radius 2 is 2.05 bits per heavy atom. The number of hydrogen-bond donors (Lipinski definition) is 0. The van der Waals surface area contributed by atoms with Gasteiger partial charge in [-0.05, 0) is 48.4 Å². The van der Waals surface area contributed by atoms with Crippen molar-refractivity contribution in [2.24, 2.45) is 0 Å². The highest BCUT2D eigenvalue weighted by molar-refractivity contribution is 6.03. The van der Waals surface area contributed by atoms with Gasteiger partial charge in [0.25, 0.3) is 0 Å². The van der Waals surface area contributed by atoms with Gasteiger partial charge in [-0.25, -0.2) is 4.39 Å². The van der Waals surface area contributed by atoms with Crippen molar-refractivity contribution in [2.75, 3.05) is 7.11 Å². The molecule has 1 atom stereocenters. The van der Waals surface area contributed by atoms with Gasteiger partial charge in [0.15, 0.2) is 5.78 Å². The van der Waals surface area contributed by atoms with Gasteiger partial charge < -0.3 is 4.74 Å². The molecule has 0 aliphatic rings. The molecule has 0 spiro atoms. The molecule has 0 saturated carbocycles. The second-order valence-electron chi connectivity index (χ2n) is 4.66. The second-order valence-corrected chi connectivity index (χ2v) is 4.66. The molecule has 0 amide bonds. The molecule has 2 aromatic rings. The van der Waals surface area contributed by atoms with Crippen LogP contribution in [0.15, 0.2) is 42.5 Å². The summed E-state index contributed by atoms with van der Waals surface area (Å²) in [7, 11) is 1.52. The van der Waals surface area contributed by atoms with Gasteiger partial charge >= 0.3 is 0 Å². The molecule has 1 unspecified atom stereocenters. The normalized spacial score (nSPS) is 11.5. The number of carbonyl (C=O) groups is 1. The summed E-state index contributed by atoms with van der Waals surface area (Å²) < 4.78 is 18.2. The first-order chi connectivity index (χ1) is 10.1. The van der Waals surface area contributed by atoms with Crippen molar-refractivity contribution >= 4 is 5.78 Å². The standard InChI is InChI=1S/C17H14FNO2/c1-11-8-13(18)6-7-15(11)17(20)16(10-19)12-4-3-5-14(9-12)21-2/h3-9,16H,1-2H3. The van der Waals surface area contributed by atoms with Crippen molar-refractivity contribution in [3.63, 3.8) is 0 Å². The molecule has 0 heterocycles. The lowest BCUT2D eigenvalue weighted by atomic mass is 9.90. The van der Waals surface area contributed by atoms with Gasteiger partial charge in [0, 0.05) is 5.56 Å². The van der Waals surface area contributed by atoms with Gasteiger partial charge in [0.05, 0.1) is 13.2 Å². The Hall–Kier alpha value is -2.67. The summed E-state index contributed by atoms with van der Waals surface area (Å²) in [4.78, 5) is 12.5. The quantitative estimate of drug-likeness (QED) is 0.805.